The SMILES string of the molecule is O=C(c1cc2ccccc2oc1=O)N1CCN(C2CC2)CC1Cc1ccccc1. The van der Waals surface area contributed by atoms with E-state index in [4.69, 9.17) is 4.42 Å². The topological polar surface area (TPSA) is 53.8 Å². The molecular formula is C24H24N2O3. The van der Waals surface area contributed by atoms with Gasteiger partial charge in [-0.2, -0.15) is 0 Å². The van der Waals surface area contributed by atoms with Crippen LogP contribution in [0.2, 0.25) is 0 Å². The largest absolute Gasteiger partial charge is 0.422 e. The zero-order chi connectivity index (χ0) is 19.8. The van der Waals surface area contributed by atoms with E-state index >= 15 is 0 Å². The number of nitrogens with zero attached hydrogens (tertiary/aromatic N) is 2. The van der Waals surface area contributed by atoms with E-state index in [1.807, 2.05) is 41.3 Å². The quantitative estimate of drug-likeness (QED) is 0.644. The first-order valence-electron chi connectivity index (χ1n) is 10.3. The molecule has 2 fully saturated rings. The van der Waals surface area contributed by atoms with Gasteiger partial charge in [0.05, 0.1) is 0 Å². The minimum Gasteiger partial charge on any atom is -0.422 e. The zero-order valence-corrected chi connectivity index (χ0v) is 16.3. The highest BCUT2D eigenvalue weighted by atomic mass is 16.4. The van der Waals surface area contributed by atoms with Gasteiger partial charge in [0, 0.05) is 37.1 Å². The highest BCUT2D eigenvalue weighted by Crippen LogP contribution is 2.30. The highest BCUT2D eigenvalue weighted by Gasteiger charge is 2.38. The predicted octanol–water partition coefficient (Wildman–Crippen LogP) is 3.32. The van der Waals surface area contributed by atoms with E-state index in [1.54, 1.807) is 12.1 Å². The predicted molar refractivity (Wildman–Crippen MR) is 112 cm³/mol. The van der Waals surface area contributed by atoms with Crippen LogP contribution in [0, 0.1) is 0 Å². The third kappa shape index (κ3) is 3.70. The summed E-state index contributed by atoms with van der Waals surface area (Å²) in [6, 6.07) is 20.0. The Morgan fingerprint density at radius 2 is 1.76 bits per heavy atom. The van der Waals surface area contributed by atoms with E-state index in [0.29, 0.717) is 18.2 Å². The van der Waals surface area contributed by atoms with E-state index in [9.17, 15) is 9.59 Å². The summed E-state index contributed by atoms with van der Waals surface area (Å²) in [6.45, 7) is 2.35. The fraction of sp³-hybridized carbons (Fsp3) is 0.333. The van der Waals surface area contributed by atoms with Gasteiger partial charge in [0.1, 0.15) is 11.1 Å². The van der Waals surface area contributed by atoms with Crippen molar-refractivity contribution in [1.82, 2.24) is 9.80 Å². The molecule has 1 atom stereocenters. The Hall–Kier alpha value is -2.92. The summed E-state index contributed by atoms with van der Waals surface area (Å²) in [4.78, 5) is 30.3. The average Bonchev–Trinajstić information content (AvgIpc) is 3.59. The summed E-state index contributed by atoms with van der Waals surface area (Å²) in [7, 11) is 0. The average molecular weight is 388 g/mol. The van der Waals surface area contributed by atoms with Crippen molar-refractivity contribution in [2.24, 2.45) is 0 Å². The number of para-hydroxylation sites is 1. The van der Waals surface area contributed by atoms with Gasteiger partial charge in [-0.15, -0.1) is 0 Å². The number of hydrogen-bond acceptors (Lipinski definition) is 4. The normalized spacial score (nSPS) is 20.1. The third-order valence-electron chi connectivity index (χ3n) is 6.02. The maximum Gasteiger partial charge on any atom is 0.349 e. The summed E-state index contributed by atoms with van der Waals surface area (Å²) in [6.07, 6.45) is 3.29. The Morgan fingerprint density at radius 1 is 1.00 bits per heavy atom. The molecule has 2 heterocycles. The highest BCUT2D eigenvalue weighted by molar-refractivity contribution is 5.97. The second-order valence-electron chi connectivity index (χ2n) is 8.05. The second-order valence-corrected chi connectivity index (χ2v) is 8.05. The lowest BCUT2D eigenvalue weighted by Crippen LogP contribution is -2.57. The smallest absolute Gasteiger partial charge is 0.349 e. The molecule has 1 amide bonds. The number of hydrogen-bond donors (Lipinski definition) is 0. The van der Waals surface area contributed by atoms with Crippen molar-refractivity contribution in [2.75, 3.05) is 19.6 Å². The minimum absolute atomic E-state index is 0.0464. The molecule has 3 aromatic rings. The lowest BCUT2D eigenvalue weighted by Gasteiger charge is -2.41. The molecule has 1 saturated carbocycles. The molecule has 5 rings (SSSR count). The number of fused-ring (bicyclic) bond motifs is 1. The van der Waals surface area contributed by atoms with Crippen LogP contribution in [-0.4, -0.2) is 47.4 Å². The van der Waals surface area contributed by atoms with Gasteiger partial charge >= 0.3 is 5.63 Å². The molecular weight excluding hydrogens is 364 g/mol. The number of rotatable bonds is 4. The molecule has 2 aromatic carbocycles. The van der Waals surface area contributed by atoms with Crippen LogP contribution >= 0.6 is 0 Å². The number of carbonyl (C=O) groups excluding carboxylic acids is 1. The van der Waals surface area contributed by atoms with Crippen LogP contribution in [0.1, 0.15) is 28.8 Å². The molecule has 0 N–H and O–H groups in total. The molecule has 29 heavy (non-hydrogen) atoms. The van der Waals surface area contributed by atoms with Crippen molar-refractivity contribution >= 4 is 16.9 Å². The summed E-state index contributed by atoms with van der Waals surface area (Å²) < 4.78 is 5.41. The summed E-state index contributed by atoms with van der Waals surface area (Å²) in [5.74, 6) is -0.221. The first-order valence-corrected chi connectivity index (χ1v) is 10.3. The maximum atomic E-state index is 13.4. The number of amides is 1. The molecule has 2 aliphatic rings. The van der Waals surface area contributed by atoms with E-state index in [-0.39, 0.29) is 17.5 Å². The zero-order valence-electron chi connectivity index (χ0n) is 16.3. The third-order valence-corrected chi connectivity index (χ3v) is 6.02. The molecule has 0 spiro atoms. The number of piperazine rings is 1. The van der Waals surface area contributed by atoms with Gasteiger partial charge in [-0.05, 0) is 37.0 Å². The molecule has 5 heteroatoms. The Kier molecular flexibility index (Phi) is 4.68. The van der Waals surface area contributed by atoms with Crippen molar-refractivity contribution in [3.63, 3.8) is 0 Å². The van der Waals surface area contributed by atoms with Crippen molar-refractivity contribution in [1.29, 1.82) is 0 Å². The summed E-state index contributed by atoms with van der Waals surface area (Å²) in [5.41, 5.74) is 1.28. The standard InChI is InChI=1S/C24H24N2O3/c27-23(21-15-18-8-4-5-9-22(18)29-24(21)28)26-13-12-25(19-10-11-19)16-20(26)14-17-6-2-1-3-7-17/h1-9,15,19-20H,10-14,16H2. The van der Waals surface area contributed by atoms with Gasteiger partial charge in [-0.1, -0.05) is 48.5 Å². The van der Waals surface area contributed by atoms with Crippen LogP contribution in [0.5, 0.6) is 0 Å². The maximum absolute atomic E-state index is 13.4. The molecule has 1 unspecified atom stereocenters. The first-order chi connectivity index (χ1) is 14.2. The first kappa shape index (κ1) is 18.1. The molecule has 0 radical (unpaired) electrons. The Balaban J connectivity index is 1.46. The van der Waals surface area contributed by atoms with E-state index < -0.39 is 5.63 Å². The number of carbonyl (C=O) groups is 1. The Labute approximate surface area is 169 Å². The van der Waals surface area contributed by atoms with Gasteiger partial charge in [0.2, 0.25) is 0 Å². The Morgan fingerprint density at radius 3 is 2.55 bits per heavy atom. The lowest BCUT2D eigenvalue weighted by atomic mass is 10.0. The molecule has 5 nitrogen and oxygen atoms in total. The van der Waals surface area contributed by atoms with Crippen molar-refractivity contribution in [2.45, 2.75) is 31.3 Å². The molecule has 1 aliphatic carbocycles. The monoisotopic (exact) mass is 388 g/mol. The lowest BCUT2D eigenvalue weighted by molar-refractivity contribution is 0.0433. The van der Waals surface area contributed by atoms with Crippen LogP contribution < -0.4 is 5.63 Å². The van der Waals surface area contributed by atoms with Crippen molar-refractivity contribution in [3.05, 3.63) is 82.2 Å². The summed E-state index contributed by atoms with van der Waals surface area (Å²) >= 11 is 0. The van der Waals surface area contributed by atoms with Gasteiger partial charge in [-0.25, -0.2) is 4.79 Å². The van der Waals surface area contributed by atoms with E-state index in [1.165, 1.54) is 18.4 Å². The second kappa shape index (κ2) is 7.48. The van der Waals surface area contributed by atoms with Gasteiger partial charge in [-0.3, -0.25) is 9.69 Å². The van der Waals surface area contributed by atoms with Crippen LogP contribution in [0.3, 0.4) is 0 Å². The minimum atomic E-state index is -0.559. The molecule has 1 aliphatic heterocycles. The fourth-order valence-corrected chi connectivity index (χ4v) is 4.34. The molecule has 0 bridgehead atoms. The van der Waals surface area contributed by atoms with Crippen LogP contribution in [0.25, 0.3) is 11.0 Å². The number of benzene rings is 2. The molecule has 1 aromatic heterocycles. The van der Waals surface area contributed by atoms with Gasteiger partial charge in [0.25, 0.3) is 5.91 Å². The van der Waals surface area contributed by atoms with Gasteiger partial charge < -0.3 is 9.32 Å². The van der Waals surface area contributed by atoms with Crippen LogP contribution in [0.4, 0.5) is 0 Å². The van der Waals surface area contributed by atoms with E-state index in [2.05, 4.69) is 17.0 Å². The van der Waals surface area contributed by atoms with Gasteiger partial charge in [0.15, 0.2) is 0 Å². The van der Waals surface area contributed by atoms with Crippen LogP contribution in [-0.2, 0) is 6.42 Å². The van der Waals surface area contributed by atoms with Crippen molar-refractivity contribution in [3.8, 4) is 0 Å². The van der Waals surface area contributed by atoms with Crippen LogP contribution in [0.15, 0.2) is 69.9 Å². The van der Waals surface area contributed by atoms with Crippen molar-refractivity contribution < 1.29 is 9.21 Å². The molecule has 1 saturated heterocycles. The van der Waals surface area contributed by atoms with E-state index in [0.717, 1.165) is 24.9 Å². The molecule has 148 valence electrons. The Bertz CT molecular complexity index is 1090. The fourth-order valence-electron chi connectivity index (χ4n) is 4.34. The summed E-state index contributed by atoms with van der Waals surface area (Å²) in [5, 5.41) is 0.770.